The van der Waals surface area contributed by atoms with Gasteiger partial charge in [-0.15, -0.1) is 0 Å². The van der Waals surface area contributed by atoms with E-state index >= 15 is 0 Å². The molecule has 256 valence electrons. The number of rotatable bonds is 5. The van der Waals surface area contributed by atoms with E-state index in [0.717, 1.165) is 60.9 Å². The highest BCUT2D eigenvalue weighted by Gasteiger charge is 2.22. The number of hydrogen-bond acceptors (Lipinski definition) is 4. The van der Waals surface area contributed by atoms with Crippen LogP contribution in [-0.2, 0) is 0 Å². The lowest BCUT2D eigenvalue weighted by atomic mass is 9.88. The van der Waals surface area contributed by atoms with Crippen molar-refractivity contribution in [2.45, 2.75) is 0 Å². The predicted octanol–water partition coefficient (Wildman–Crippen LogP) is 13.6. The molecule has 55 heavy (non-hydrogen) atoms. The third-order valence-corrected chi connectivity index (χ3v) is 10.7. The van der Waals surface area contributed by atoms with Crippen molar-refractivity contribution >= 4 is 54.3 Å². The number of furan rings is 1. The molecule has 2 aromatic heterocycles. The first kappa shape index (κ1) is 31.1. The molecule has 4 heteroatoms. The SMILES string of the molecule is c1ccc(-c2ccccc2-c2nc(-c3ccccc3-c3cc4ccccc4c4ccc5ccccc5c34)nc(-c3cccc4oc5ccccc5c34)n2)cc1. The molecule has 0 atom stereocenters. The molecule has 2 heterocycles. The van der Waals surface area contributed by atoms with Gasteiger partial charge in [0.25, 0.3) is 0 Å². The van der Waals surface area contributed by atoms with E-state index in [1.165, 1.54) is 32.3 Å². The predicted molar refractivity (Wildman–Crippen MR) is 227 cm³/mol. The number of para-hydroxylation sites is 1. The zero-order valence-electron chi connectivity index (χ0n) is 29.6. The fourth-order valence-electron chi connectivity index (χ4n) is 8.25. The largest absolute Gasteiger partial charge is 0.456 e. The van der Waals surface area contributed by atoms with Crippen molar-refractivity contribution in [3.05, 3.63) is 188 Å². The Balaban J connectivity index is 1.23. The lowest BCUT2D eigenvalue weighted by Crippen LogP contribution is -2.02. The molecule has 0 aliphatic rings. The lowest BCUT2D eigenvalue weighted by molar-refractivity contribution is 0.669. The standard InChI is InChI=1S/C51H31N3O/c1-2-15-32(16-3-1)35-19-8-10-23-40(35)49-52-50(54-51(53-49)43-26-14-28-46-48(43)42-25-12-13-27-45(42)55-46)41-24-11-9-22-38(41)44-31-34-18-5-6-20-36(34)39-30-29-33-17-4-7-21-37(33)47(39)44/h1-31H. The van der Waals surface area contributed by atoms with Gasteiger partial charge in [0, 0.05) is 27.5 Å². The molecule has 0 aliphatic carbocycles. The second-order valence-electron chi connectivity index (χ2n) is 13.9. The fourth-order valence-corrected chi connectivity index (χ4v) is 8.25. The lowest BCUT2D eigenvalue weighted by Gasteiger charge is -2.17. The average molecular weight is 702 g/mol. The summed E-state index contributed by atoms with van der Waals surface area (Å²) in [5, 5.41) is 9.26. The van der Waals surface area contributed by atoms with Crippen molar-refractivity contribution in [3.8, 4) is 56.4 Å². The zero-order chi connectivity index (χ0) is 36.3. The molecule has 0 spiro atoms. The van der Waals surface area contributed by atoms with E-state index in [1.54, 1.807) is 0 Å². The fraction of sp³-hybridized carbons (Fsp3) is 0. The average Bonchev–Trinajstić information content (AvgIpc) is 3.65. The van der Waals surface area contributed by atoms with Crippen LogP contribution in [0.15, 0.2) is 192 Å². The Kier molecular flexibility index (Phi) is 7.14. The van der Waals surface area contributed by atoms with Gasteiger partial charge in [0.15, 0.2) is 17.5 Å². The van der Waals surface area contributed by atoms with Crippen molar-refractivity contribution in [2.24, 2.45) is 0 Å². The third-order valence-electron chi connectivity index (χ3n) is 10.7. The van der Waals surface area contributed by atoms with Crippen LogP contribution in [0.25, 0.3) is 111 Å². The minimum Gasteiger partial charge on any atom is -0.456 e. The first-order valence-electron chi connectivity index (χ1n) is 18.5. The summed E-state index contributed by atoms with van der Waals surface area (Å²) in [7, 11) is 0. The molecule has 11 rings (SSSR count). The second kappa shape index (κ2) is 12.6. The Labute approximate surface area is 317 Å². The molecular formula is C51H31N3O. The second-order valence-corrected chi connectivity index (χ2v) is 13.9. The summed E-state index contributed by atoms with van der Waals surface area (Å²) in [4.78, 5) is 16.0. The number of fused-ring (bicyclic) bond motifs is 8. The molecule has 0 aliphatic heterocycles. The normalized spacial score (nSPS) is 11.6. The Morgan fingerprint density at radius 1 is 0.291 bits per heavy atom. The first-order valence-corrected chi connectivity index (χ1v) is 18.5. The molecule has 11 aromatic rings. The monoisotopic (exact) mass is 701 g/mol. The van der Waals surface area contributed by atoms with Crippen LogP contribution in [-0.4, -0.2) is 15.0 Å². The van der Waals surface area contributed by atoms with Crippen LogP contribution < -0.4 is 0 Å². The van der Waals surface area contributed by atoms with E-state index in [0.29, 0.717) is 17.5 Å². The van der Waals surface area contributed by atoms with Gasteiger partial charge in [-0.3, -0.25) is 0 Å². The minimum absolute atomic E-state index is 0.587. The molecule has 0 N–H and O–H groups in total. The minimum atomic E-state index is 0.587. The van der Waals surface area contributed by atoms with Crippen LogP contribution in [0.3, 0.4) is 0 Å². The topological polar surface area (TPSA) is 51.8 Å². The summed E-state index contributed by atoms with van der Waals surface area (Å²) in [6.45, 7) is 0. The smallest absolute Gasteiger partial charge is 0.164 e. The molecule has 0 bridgehead atoms. The van der Waals surface area contributed by atoms with Crippen molar-refractivity contribution in [1.29, 1.82) is 0 Å². The van der Waals surface area contributed by atoms with Crippen LogP contribution in [0.2, 0.25) is 0 Å². The van der Waals surface area contributed by atoms with Gasteiger partial charge in [-0.05, 0) is 72.8 Å². The Morgan fingerprint density at radius 3 is 1.62 bits per heavy atom. The van der Waals surface area contributed by atoms with Crippen LogP contribution >= 0.6 is 0 Å². The highest BCUT2D eigenvalue weighted by molar-refractivity contribution is 6.23. The molecule has 9 aromatic carbocycles. The molecule has 0 fully saturated rings. The third kappa shape index (κ3) is 5.11. The van der Waals surface area contributed by atoms with Crippen LogP contribution in [0.5, 0.6) is 0 Å². The van der Waals surface area contributed by atoms with Gasteiger partial charge in [0.1, 0.15) is 11.2 Å². The molecule has 0 radical (unpaired) electrons. The van der Waals surface area contributed by atoms with Crippen molar-refractivity contribution in [2.75, 3.05) is 0 Å². The van der Waals surface area contributed by atoms with Gasteiger partial charge in [-0.2, -0.15) is 0 Å². The van der Waals surface area contributed by atoms with Gasteiger partial charge in [0.05, 0.1) is 0 Å². The van der Waals surface area contributed by atoms with E-state index in [4.69, 9.17) is 19.4 Å². The number of nitrogens with zero attached hydrogens (tertiary/aromatic N) is 3. The van der Waals surface area contributed by atoms with Crippen LogP contribution in [0, 0.1) is 0 Å². The summed E-state index contributed by atoms with van der Waals surface area (Å²) < 4.78 is 6.34. The quantitative estimate of drug-likeness (QED) is 0.168. The van der Waals surface area contributed by atoms with Crippen molar-refractivity contribution in [1.82, 2.24) is 15.0 Å². The Morgan fingerprint density at radius 2 is 0.836 bits per heavy atom. The summed E-state index contributed by atoms with van der Waals surface area (Å²) >= 11 is 0. The van der Waals surface area contributed by atoms with Crippen LogP contribution in [0.4, 0.5) is 0 Å². The van der Waals surface area contributed by atoms with Gasteiger partial charge >= 0.3 is 0 Å². The van der Waals surface area contributed by atoms with E-state index < -0.39 is 0 Å². The van der Waals surface area contributed by atoms with E-state index in [-0.39, 0.29) is 0 Å². The maximum absolute atomic E-state index is 6.34. The van der Waals surface area contributed by atoms with Gasteiger partial charge in [-0.25, -0.2) is 15.0 Å². The molecule has 0 unspecified atom stereocenters. The number of aromatic nitrogens is 3. The molecular weight excluding hydrogens is 671 g/mol. The van der Waals surface area contributed by atoms with Crippen LogP contribution in [0.1, 0.15) is 0 Å². The summed E-state index contributed by atoms with van der Waals surface area (Å²) in [5.74, 6) is 1.79. The van der Waals surface area contributed by atoms with Crippen molar-refractivity contribution in [3.63, 3.8) is 0 Å². The zero-order valence-corrected chi connectivity index (χ0v) is 29.6. The van der Waals surface area contributed by atoms with Crippen molar-refractivity contribution < 1.29 is 4.42 Å². The van der Waals surface area contributed by atoms with E-state index in [2.05, 4.69) is 152 Å². The van der Waals surface area contributed by atoms with Gasteiger partial charge in [0.2, 0.25) is 0 Å². The Hall–Kier alpha value is -7.43. The molecule has 0 amide bonds. The van der Waals surface area contributed by atoms with E-state index in [9.17, 15) is 0 Å². The molecule has 0 saturated carbocycles. The maximum atomic E-state index is 6.34. The Bertz CT molecular complexity index is 3270. The summed E-state index contributed by atoms with van der Waals surface area (Å²) in [5.41, 5.74) is 8.72. The maximum Gasteiger partial charge on any atom is 0.164 e. The molecule has 0 saturated heterocycles. The first-order chi connectivity index (χ1) is 27.3. The molecule has 4 nitrogen and oxygen atoms in total. The summed E-state index contributed by atoms with van der Waals surface area (Å²) in [6.07, 6.45) is 0. The highest BCUT2D eigenvalue weighted by Crippen LogP contribution is 2.43. The number of benzene rings is 9. The highest BCUT2D eigenvalue weighted by atomic mass is 16.3. The summed E-state index contributed by atoms with van der Waals surface area (Å²) in [6, 6.07) is 65.7. The van der Waals surface area contributed by atoms with Gasteiger partial charge in [-0.1, -0.05) is 170 Å². The van der Waals surface area contributed by atoms with Gasteiger partial charge < -0.3 is 4.42 Å². The number of hydrogen-bond donors (Lipinski definition) is 0. The van der Waals surface area contributed by atoms with E-state index in [1.807, 2.05) is 36.4 Å².